The summed E-state index contributed by atoms with van der Waals surface area (Å²) < 4.78 is 6.12. The van der Waals surface area contributed by atoms with Crippen LogP contribution in [0.2, 0.25) is 0 Å². The first-order valence-electron chi connectivity index (χ1n) is 8.26. The quantitative estimate of drug-likeness (QED) is 0.900. The number of para-hydroxylation sites is 2. The van der Waals surface area contributed by atoms with E-state index < -0.39 is 0 Å². The Kier molecular flexibility index (Phi) is 4.66. The van der Waals surface area contributed by atoms with E-state index in [1.165, 1.54) is 19.5 Å². The lowest BCUT2D eigenvalue weighted by atomic mass is 10.2. The molecule has 1 aromatic carbocycles. The molecule has 0 amide bonds. The number of nitrogens with zero attached hydrogens (tertiary/aromatic N) is 2. The topological polar surface area (TPSA) is 27.7 Å². The van der Waals surface area contributed by atoms with E-state index in [-0.39, 0.29) is 6.10 Å². The van der Waals surface area contributed by atoms with Crippen LogP contribution in [-0.2, 0) is 0 Å². The average Bonchev–Trinajstić information content (AvgIpc) is 2.97. The van der Waals surface area contributed by atoms with Crippen molar-refractivity contribution in [1.29, 1.82) is 0 Å². The Morgan fingerprint density at radius 3 is 2.90 bits per heavy atom. The normalized spacial score (nSPS) is 25.5. The van der Waals surface area contributed by atoms with Gasteiger partial charge in [-0.2, -0.15) is 0 Å². The van der Waals surface area contributed by atoms with Crippen LogP contribution in [0.15, 0.2) is 24.3 Å². The number of fused-ring (bicyclic) bond motifs is 1. The van der Waals surface area contributed by atoms with E-state index in [1.807, 2.05) is 12.1 Å². The largest absolute Gasteiger partial charge is 0.485 e. The molecular formula is C17H27N3O. The van der Waals surface area contributed by atoms with Gasteiger partial charge in [0.2, 0.25) is 0 Å². The van der Waals surface area contributed by atoms with Gasteiger partial charge in [0.1, 0.15) is 11.9 Å². The fourth-order valence-electron chi connectivity index (χ4n) is 3.57. The Hall–Kier alpha value is -1.26. The van der Waals surface area contributed by atoms with E-state index >= 15 is 0 Å². The molecule has 2 heterocycles. The van der Waals surface area contributed by atoms with Crippen molar-refractivity contribution in [2.45, 2.75) is 32.4 Å². The van der Waals surface area contributed by atoms with Crippen molar-refractivity contribution in [3.63, 3.8) is 0 Å². The van der Waals surface area contributed by atoms with Crippen LogP contribution in [0.5, 0.6) is 5.75 Å². The number of rotatable bonds is 5. The SMILES string of the molecule is CCN(CC)C1CCN(CC2CNc3ccccc3O2)C1. The standard InChI is InChI=1S/C17H27N3O/c1-3-20(4-2)14-9-10-19(12-14)13-15-11-18-16-7-5-6-8-17(16)21-15/h5-8,14-15,18H,3-4,9-13H2,1-2H3. The van der Waals surface area contributed by atoms with Gasteiger partial charge in [-0.3, -0.25) is 9.80 Å². The zero-order valence-electron chi connectivity index (χ0n) is 13.2. The molecule has 1 saturated heterocycles. The molecule has 2 aliphatic rings. The van der Waals surface area contributed by atoms with Crippen molar-refractivity contribution in [2.75, 3.05) is 44.6 Å². The van der Waals surface area contributed by atoms with Crippen LogP contribution in [0.1, 0.15) is 20.3 Å². The van der Waals surface area contributed by atoms with Crippen molar-refractivity contribution in [3.8, 4) is 5.75 Å². The van der Waals surface area contributed by atoms with Gasteiger partial charge in [-0.05, 0) is 38.2 Å². The first-order chi connectivity index (χ1) is 10.3. The van der Waals surface area contributed by atoms with Crippen molar-refractivity contribution >= 4 is 5.69 Å². The highest BCUT2D eigenvalue weighted by molar-refractivity contribution is 5.57. The molecule has 0 aromatic heterocycles. The van der Waals surface area contributed by atoms with Crippen LogP contribution in [0, 0.1) is 0 Å². The summed E-state index contributed by atoms with van der Waals surface area (Å²) in [7, 11) is 0. The lowest BCUT2D eigenvalue weighted by Gasteiger charge is -2.31. The van der Waals surface area contributed by atoms with E-state index in [4.69, 9.17) is 4.74 Å². The predicted octanol–water partition coefficient (Wildman–Crippen LogP) is 2.28. The third-order valence-corrected chi connectivity index (χ3v) is 4.74. The van der Waals surface area contributed by atoms with Gasteiger partial charge >= 0.3 is 0 Å². The van der Waals surface area contributed by atoms with E-state index in [2.05, 4.69) is 41.1 Å². The van der Waals surface area contributed by atoms with Crippen LogP contribution in [0.3, 0.4) is 0 Å². The second kappa shape index (κ2) is 6.67. The van der Waals surface area contributed by atoms with Crippen LogP contribution < -0.4 is 10.1 Å². The maximum absolute atomic E-state index is 6.12. The summed E-state index contributed by atoms with van der Waals surface area (Å²) in [6.45, 7) is 11.1. The molecule has 116 valence electrons. The van der Waals surface area contributed by atoms with E-state index in [0.29, 0.717) is 0 Å². The van der Waals surface area contributed by atoms with Crippen molar-refractivity contribution < 1.29 is 4.74 Å². The van der Waals surface area contributed by atoms with Gasteiger partial charge in [0.25, 0.3) is 0 Å². The number of anilines is 1. The number of ether oxygens (including phenoxy) is 1. The van der Waals surface area contributed by atoms with E-state index in [1.54, 1.807) is 0 Å². The van der Waals surface area contributed by atoms with Gasteiger partial charge < -0.3 is 10.1 Å². The van der Waals surface area contributed by atoms with Gasteiger partial charge in [-0.25, -0.2) is 0 Å². The maximum atomic E-state index is 6.12. The number of hydrogen-bond acceptors (Lipinski definition) is 4. The van der Waals surface area contributed by atoms with Crippen LogP contribution in [0.25, 0.3) is 0 Å². The predicted molar refractivity (Wildman–Crippen MR) is 87.1 cm³/mol. The third kappa shape index (κ3) is 3.33. The molecule has 0 radical (unpaired) electrons. The second-order valence-corrected chi connectivity index (χ2v) is 6.04. The lowest BCUT2D eigenvalue weighted by molar-refractivity contribution is 0.141. The monoisotopic (exact) mass is 289 g/mol. The summed E-state index contributed by atoms with van der Waals surface area (Å²) in [6, 6.07) is 8.94. The minimum Gasteiger partial charge on any atom is -0.485 e. The Balaban J connectivity index is 1.52. The number of benzene rings is 1. The molecule has 0 aliphatic carbocycles. The number of hydrogen-bond donors (Lipinski definition) is 1. The molecule has 2 atom stereocenters. The summed E-state index contributed by atoms with van der Waals surface area (Å²) in [4.78, 5) is 5.14. The molecule has 1 N–H and O–H groups in total. The Labute approximate surface area is 128 Å². The van der Waals surface area contributed by atoms with E-state index in [0.717, 1.165) is 43.7 Å². The molecule has 1 fully saturated rings. The van der Waals surface area contributed by atoms with Gasteiger partial charge in [-0.15, -0.1) is 0 Å². The summed E-state index contributed by atoms with van der Waals surface area (Å²) in [5.41, 5.74) is 1.12. The minimum atomic E-state index is 0.260. The number of likely N-dealkylation sites (N-methyl/N-ethyl adjacent to an activating group) is 1. The van der Waals surface area contributed by atoms with Gasteiger partial charge in [0.15, 0.2) is 0 Å². The molecule has 4 heteroatoms. The zero-order chi connectivity index (χ0) is 14.7. The van der Waals surface area contributed by atoms with Gasteiger partial charge in [-0.1, -0.05) is 26.0 Å². The summed E-state index contributed by atoms with van der Waals surface area (Å²) >= 11 is 0. The van der Waals surface area contributed by atoms with Crippen molar-refractivity contribution in [1.82, 2.24) is 9.80 Å². The molecule has 1 aromatic rings. The molecule has 2 unspecified atom stereocenters. The molecule has 2 aliphatic heterocycles. The summed E-state index contributed by atoms with van der Waals surface area (Å²) in [5, 5.41) is 3.48. The zero-order valence-corrected chi connectivity index (χ0v) is 13.2. The summed E-state index contributed by atoms with van der Waals surface area (Å²) in [6.07, 6.45) is 1.55. The fourth-order valence-corrected chi connectivity index (χ4v) is 3.57. The average molecular weight is 289 g/mol. The molecule has 21 heavy (non-hydrogen) atoms. The van der Waals surface area contributed by atoms with Crippen LogP contribution >= 0.6 is 0 Å². The maximum Gasteiger partial charge on any atom is 0.142 e. The second-order valence-electron chi connectivity index (χ2n) is 6.04. The van der Waals surface area contributed by atoms with Gasteiger partial charge in [0, 0.05) is 19.1 Å². The van der Waals surface area contributed by atoms with Gasteiger partial charge in [0.05, 0.1) is 12.2 Å². The van der Waals surface area contributed by atoms with Crippen LogP contribution in [-0.4, -0.2) is 61.2 Å². The molecule has 4 nitrogen and oxygen atoms in total. The Bertz CT molecular complexity index is 461. The Morgan fingerprint density at radius 1 is 1.29 bits per heavy atom. The highest BCUT2D eigenvalue weighted by Crippen LogP contribution is 2.28. The third-order valence-electron chi connectivity index (χ3n) is 4.74. The summed E-state index contributed by atoms with van der Waals surface area (Å²) in [5.74, 6) is 0.994. The fraction of sp³-hybridized carbons (Fsp3) is 0.647. The molecule has 0 spiro atoms. The molecule has 3 rings (SSSR count). The highest BCUT2D eigenvalue weighted by Gasteiger charge is 2.29. The van der Waals surface area contributed by atoms with Crippen LogP contribution in [0.4, 0.5) is 5.69 Å². The Morgan fingerprint density at radius 2 is 2.10 bits per heavy atom. The first kappa shape index (κ1) is 14.7. The number of likely N-dealkylation sites (tertiary alicyclic amines) is 1. The molecular weight excluding hydrogens is 262 g/mol. The van der Waals surface area contributed by atoms with Crippen molar-refractivity contribution in [3.05, 3.63) is 24.3 Å². The van der Waals surface area contributed by atoms with Crippen molar-refractivity contribution in [2.24, 2.45) is 0 Å². The highest BCUT2D eigenvalue weighted by atomic mass is 16.5. The first-order valence-corrected chi connectivity index (χ1v) is 8.26. The lowest BCUT2D eigenvalue weighted by Crippen LogP contribution is -2.43. The minimum absolute atomic E-state index is 0.260. The number of nitrogens with one attached hydrogen (secondary N) is 1. The van der Waals surface area contributed by atoms with E-state index in [9.17, 15) is 0 Å². The smallest absolute Gasteiger partial charge is 0.142 e. The molecule has 0 bridgehead atoms. The molecule has 0 saturated carbocycles.